The van der Waals surface area contributed by atoms with E-state index in [-0.39, 0.29) is 10.7 Å². The molecule has 1 heterocycles. The molecule has 0 saturated heterocycles. The number of hydrogen-bond donors (Lipinski definition) is 0. The predicted molar refractivity (Wildman–Crippen MR) is 39.3 cm³/mol. The van der Waals surface area contributed by atoms with Crippen molar-refractivity contribution in [2.75, 3.05) is 0 Å². The van der Waals surface area contributed by atoms with Crippen LogP contribution in [0.2, 0.25) is 5.02 Å². The zero-order valence-corrected chi connectivity index (χ0v) is 6.17. The molecule has 1 rings (SSSR count). The van der Waals surface area contributed by atoms with Crippen molar-refractivity contribution >= 4 is 17.9 Å². The Balaban J connectivity index is 3.22. The van der Waals surface area contributed by atoms with Crippen LogP contribution in [0.3, 0.4) is 0 Å². The Kier molecular flexibility index (Phi) is 2.19. The van der Waals surface area contributed by atoms with Crippen LogP contribution in [0.5, 0.6) is 0 Å². The van der Waals surface area contributed by atoms with Crippen molar-refractivity contribution < 1.29 is 4.79 Å². The number of aldehydes is 1. The van der Waals surface area contributed by atoms with Gasteiger partial charge in [0.05, 0.1) is 5.02 Å². The molecule has 54 valence electrons. The van der Waals surface area contributed by atoms with Crippen LogP contribution in [0.1, 0.15) is 16.1 Å². The van der Waals surface area contributed by atoms with Crippen molar-refractivity contribution in [3.8, 4) is 6.07 Å². The summed E-state index contributed by atoms with van der Waals surface area (Å²) in [4.78, 5) is 13.8. The van der Waals surface area contributed by atoms with Gasteiger partial charge in [-0.2, -0.15) is 5.26 Å². The highest BCUT2D eigenvalue weighted by atomic mass is 35.5. The van der Waals surface area contributed by atoms with E-state index >= 15 is 0 Å². The molecule has 0 aliphatic heterocycles. The number of carbonyl (C=O) groups is 1. The molecule has 0 aliphatic rings. The van der Waals surface area contributed by atoms with Gasteiger partial charge in [-0.1, -0.05) is 11.6 Å². The first-order chi connectivity index (χ1) is 5.27. The summed E-state index contributed by atoms with van der Waals surface area (Å²) in [6.45, 7) is 0. The summed E-state index contributed by atoms with van der Waals surface area (Å²) in [6.07, 6.45) is 1.93. The summed E-state index contributed by atoms with van der Waals surface area (Å²) in [5, 5.41) is 8.60. The maximum Gasteiger partial charge on any atom is 0.159 e. The SMILES string of the molecule is N#Cc1ncc(C=O)cc1Cl. The molecule has 0 radical (unpaired) electrons. The van der Waals surface area contributed by atoms with Crippen LogP contribution in [-0.4, -0.2) is 11.3 Å². The molecule has 0 amide bonds. The predicted octanol–water partition coefficient (Wildman–Crippen LogP) is 1.42. The fourth-order valence-electron chi connectivity index (χ4n) is 0.599. The van der Waals surface area contributed by atoms with E-state index in [0.717, 1.165) is 0 Å². The lowest BCUT2D eigenvalue weighted by molar-refractivity contribution is 0.112. The van der Waals surface area contributed by atoms with Crippen LogP contribution in [0, 0.1) is 11.3 Å². The fraction of sp³-hybridized carbons (Fsp3) is 0. The van der Waals surface area contributed by atoms with E-state index in [4.69, 9.17) is 16.9 Å². The topological polar surface area (TPSA) is 53.8 Å². The quantitative estimate of drug-likeness (QED) is 0.593. The Hall–Kier alpha value is -1.40. The van der Waals surface area contributed by atoms with Crippen molar-refractivity contribution in [1.82, 2.24) is 4.98 Å². The van der Waals surface area contributed by atoms with Gasteiger partial charge in [-0.25, -0.2) is 4.98 Å². The number of pyridine rings is 1. The molecule has 0 N–H and O–H groups in total. The van der Waals surface area contributed by atoms with E-state index in [1.165, 1.54) is 12.3 Å². The Bertz CT molecular complexity index is 330. The van der Waals surface area contributed by atoms with E-state index in [1.807, 2.05) is 0 Å². The lowest BCUT2D eigenvalue weighted by Crippen LogP contribution is -1.87. The van der Waals surface area contributed by atoms with Gasteiger partial charge in [0.25, 0.3) is 0 Å². The molecule has 0 atom stereocenters. The zero-order valence-electron chi connectivity index (χ0n) is 5.41. The van der Waals surface area contributed by atoms with Crippen LogP contribution < -0.4 is 0 Å². The second-order valence-electron chi connectivity index (χ2n) is 1.83. The van der Waals surface area contributed by atoms with Crippen LogP contribution in [0.15, 0.2) is 12.3 Å². The monoisotopic (exact) mass is 166 g/mol. The average Bonchev–Trinajstić information content (AvgIpc) is 2.04. The van der Waals surface area contributed by atoms with Gasteiger partial charge in [0.15, 0.2) is 12.0 Å². The fourth-order valence-corrected chi connectivity index (χ4v) is 0.816. The first-order valence-electron chi connectivity index (χ1n) is 2.78. The largest absolute Gasteiger partial charge is 0.298 e. The Morgan fingerprint density at radius 3 is 2.91 bits per heavy atom. The molecule has 0 saturated carbocycles. The van der Waals surface area contributed by atoms with Gasteiger partial charge in [-0.3, -0.25) is 4.79 Å². The molecule has 3 nitrogen and oxygen atoms in total. The van der Waals surface area contributed by atoms with Crippen molar-refractivity contribution in [3.63, 3.8) is 0 Å². The number of halogens is 1. The minimum Gasteiger partial charge on any atom is -0.298 e. The third-order valence-corrected chi connectivity index (χ3v) is 1.39. The summed E-state index contributed by atoms with van der Waals surface area (Å²) in [5.41, 5.74) is 0.506. The number of carbonyl (C=O) groups excluding carboxylic acids is 1. The van der Waals surface area contributed by atoms with Gasteiger partial charge in [-0.05, 0) is 6.07 Å². The first kappa shape index (κ1) is 7.70. The Morgan fingerprint density at radius 2 is 2.45 bits per heavy atom. The van der Waals surface area contributed by atoms with Crippen molar-refractivity contribution in [1.29, 1.82) is 5.26 Å². The average molecular weight is 167 g/mol. The normalized spacial score (nSPS) is 8.73. The molecule has 0 aromatic carbocycles. The molecular weight excluding hydrogens is 164 g/mol. The molecule has 1 aromatic heterocycles. The third-order valence-electron chi connectivity index (χ3n) is 1.10. The highest BCUT2D eigenvalue weighted by molar-refractivity contribution is 6.31. The summed E-state index contributed by atoms with van der Waals surface area (Å²) in [7, 11) is 0. The highest BCUT2D eigenvalue weighted by Gasteiger charge is 2.00. The lowest BCUT2D eigenvalue weighted by atomic mass is 10.3. The molecule has 0 spiro atoms. The van der Waals surface area contributed by atoms with E-state index in [2.05, 4.69) is 4.98 Å². The molecular formula is C7H3ClN2O. The molecule has 11 heavy (non-hydrogen) atoms. The van der Waals surface area contributed by atoms with E-state index in [1.54, 1.807) is 6.07 Å². The highest BCUT2D eigenvalue weighted by Crippen LogP contribution is 2.12. The molecule has 0 aliphatic carbocycles. The van der Waals surface area contributed by atoms with Gasteiger partial charge >= 0.3 is 0 Å². The van der Waals surface area contributed by atoms with E-state index in [0.29, 0.717) is 11.8 Å². The third kappa shape index (κ3) is 1.54. The lowest BCUT2D eigenvalue weighted by Gasteiger charge is -1.92. The second kappa shape index (κ2) is 3.13. The molecule has 0 unspecified atom stereocenters. The molecule has 0 bridgehead atoms. The van der Waals surface area contributed by atoms with Gasteiger partial charge in [0.1, 0.15) is 6.07 Å². The molecule has 4 heteroatoms. The van der Waals surface area contributed by atoms with Crippen molar-refractivity contribution in [2.24, 2.45) is 0 Å². The van der Waals surface area contributed by atoms with E-state index < -0.39 is 0 Å². The van der Waals surface area contributed by atoms with Crippen molar-refractivity contribution in [2.45, 2.75) is 0 Å². The van der Waals surface area contributed by atoms with Crippen molar-refractivity contribution in [3.05, 3.63) is 28.5 Å². The van der Waals surface area contributed by atoms with Gasteiger partial charge in [-0.15, -0.1) is 0 Å². The number of hydrogen-bond acceptors (Lipinski definition) is 3. The Morgan fingerprint density at radius 1 is 1.73 bits per heavy atom. The number of nitrogens with zero attached hydrogens (tertiary/aromatic N) is 2. The van der Waals surface area contributed by atoms with E-state index in [9.17, 15) is 4.79 Å². The zero-order chi connectivity index (χ0) is 8.27. The minimum atomic E-state index is 0.136. The van der Waals surface area contributed by atoms with Crippen LogP contribution in [-0.2, 0) is 0 Å². The van der Waals surface area contributed by atoms with Crippen LogP contribution >= 0.6 is 11.6 Å². The maximum atomic E-state index is 10.2. The summed E-state index contributed by atoms with van der Waals surface area (Å²) >= 11 is 5.56. The van der Waals surface area contributed by atoms with Gasteiger partial charge in [0.2, 0.25) is 0 Å². The maximum absolute atomic E-state index is 10.2. The number of aromatic nitrogens is 1. The van der Waals surface area contributed by atoms with Crippen LogP contribution in [0.4, 0.5) is 0 Å². The van der Waals surface area contributed by atoms with Gasteiger partial charge < -0.3 is 0 Å². The van der Waals surface area contributed by atoms with Crippen LogP contribution in [0.25, 0.3) is 0 Å². The minimum absolute atomic E-state index is 0.136. The molecule has 1 aromatic rings. The first-order valence-corrected chi connectivity index (χ1v) is 3.16. The summed E-state index contributed by atoms with van der Waals surface area (Å²) in [6, 6.07) is 3.19. The second-order valence-corrected chi connectivity index (χ2v) is 2.24. The van der Waals surface area contributed by atoms with Gasteiger partial charge in [0, 0.05) is 11.8 Å². The smallest absolute Gasteiger partial charge is 0.159 e. The Labute approximate surface area is 68.2 Å². The summed E-state index contributed by atoms with van der Waals surface area (Å²) in [5.74, 6) is 0. The standard InChI is InChI=1S/C7H3ClN2O/c8-6-1-5(4-11)3-10-7(6)2-9/h1,3-4H. The number of nitriles is 1. The summed E-state index contributed by atoms with van der Waals surface area (Å²) < 4.78 is 0. The molecule has 0 fully saturated rings. The number of rotatable bonds is 1.